The van der Waals surface area contributed by atoms with Crippen LogP contribution in [0.5, 0.6) is 0 Å². The second-order valence-electron chi connectivity index (χ2n) is 8.37. The van der Waals surface area contributed by atoms with Gasteiger partial charge in [-0.25, -0.2) is 9.59 Å². The Labute approximate surface area is 143 Å². The van der Waals surface area contributed by atoms with Crippen molar-refractivity contribution < 1.29 is 28.6 Å². The Morgan fingerprint density at radius 2 is 1.62 bits per heavy atom. The maximum absolute atomic E-state index is 12.4. The van der Waals surface area contributed by atoms with Crippen LogP contribution in [0.1, 0.15) is 61.3 Å². The van der Waals surface area contributed by atoms with Crippen LogP contribution in [0, 0.1) is 0 Å². The molecule has 7 heteroatoms. The van der Waals surface area contributed by atoms with E-state index in [1.807, 2.05) is 0 Å². The molecule has 2 atom stereocenters. The number of aldehydes is 1. The Morgan fingerprint density at radius 3 is 2.08 bits per heavy atom. The Balaban J connectivity index is 2.83. The van der Waals surface area contributed by atoms with E-state index in [-0.39, 0.29) is 6.54 Å². The van der Waals surface area contributed by atoms with Crippen molar-refractivity contribution in [1.82, 2.24) is 4.90 Å². The van der Waals surface area contributed by atoms with E-state index >= 15 is 0 Å². The number of amides is 1. The third-order valence-electron chi connectivity index (χ3n) is 3.38. The van der Waals surface area contributed by atoms with Gasteiger partial charge in [-0.1, -0.05) is 0 Å². The number of carbonyl (C=O) groups excluding carboxylic acids is 3. The van der Waals surface area contributed by atoms with Crippen LogP contribution in [-0.2, 0) is 19.0 Å². The van der Waals surface area contributed by atoms with E-state index in [0.717, 1.165) is 6.29 Å². The van der Waals surface area contributed by atoms with Crippen molar-refractivity contribution in [2.45, 2.75) is 84.2 Å². The van der Waals surface area contributed by atoms with E-state index in [4.69, 9.17) is 14.2 Å². The lowest BCUT2D eigenvalue weighted by atomic mass is 9.90. The van der Waals surface area contributed by atoms with Crippen LogP contribution in [0.3, 0.4) is 0 Å². The second kappa shape index (κ2) is 6.99. The van der Waals surface area contributed by atoms with Gasteiger partial charge in [0.25, 0.3) is 0 Å². The molecule has 1 rings (SSSR count). The Hall–Kier alpha value is -1.79. The summed E-state index contributed by atoms with van der Waals surface area (Å²) in [6, 6.07) is -0.588. The summed E-state index contributed by atoms with van der Waals surface area (Å²) in [5.41, 5.74) is -2.28. The molecule has 0 aromatic rings. The van der Waals surface area contributed by atoms with Crippen LogP contribution in [0.4, 0.5) is 9.59 Å². The highest BCUT2D eigenvalue weighted by molar-refractivity contribution is 5.74. The highest BCUT2D eigenvalue weighted by Crippen LogP contribution is 2.30. The maximum atomic E-state index is 12.4. The first-order valence-electron chi connectivity index (χ1n) is 8.12. The van der Waals surface area contributed by atoms with Crippen molar-refractivity contribution in [3.05, 3.63) is 0 Å². The summed E-state index contributed by atoms with van der Waals surface area (Å²) in [5, 5.41) is 0. The van der Waals surface area contributed by atoms with Gasteiger partial charge in [-0.2, -0.15) is 0 Å². The first-order valence-corrected chi connectivity index (χ1v) is 8.12. The van der Waals surface area contributed by atoms with Gasteiger partial charge in [0.15, 0.2) is 0 Å². The summed E-state index contributed by atoms with van der Waals surface area (Å²) in [7, 11) is 0. The normalized spacial score (nSPS) is 25.0. The number of rotatable bonds is 2. The lowest BCUT2D eigenvalue weighted by molar-refractivity contribution is -0.121. The van der Waals surface area contributed by atoms with Gasteiger partial charge in [-0.3, -0.25) is 4.90 Å². The van der Waals surface area contributed by atoms with E-state index < -0.39 is 35.1 Å². The minimum absolute atomic E-state index is 0.0740. The number of likely N-dealkylation sites (tertiary alicyclic amines) is 1. The van der Waals surface area contributed by atoms with Crippen LogP contribution in [0.2, 0.25) is 0 Å². The fraction of sp³-hybridized carbons (Fsp3) is 0.824. The van der Waals surface area contributed by atoms with Crippen LogP contribution < -0.4 is 0 Å². The number of hydrogen-bond donors (Lipinski definition) is 0. The van der Waals surface area contributed by atoms with Gasteiger partial charge in [0.05, 0.1) is 12.6 Å². The minimum atomic E-state index is -0.932. The summed E-state index contributed by atoms with van der Waals surface area (Å²) in [6.07, 6.45) is 0.172. The molecule has 138 valence electrons. The summed E-state index contributed by atoms with van der Waals surface area (Å²) >= 11 is 0. The molecule has 0 bridgehead atoms. The third kappa shape index (κ3) is 6.37. The Kier molecular flexibility index (Phi) is 5.90. The molecular formula is C17H29NO6. The van der Waals surface area contributed by atoms with Crippen molar-refractivity contribution in [1.29, 1.82) is 0 Å². The van der Waals surface area contributed by atoms with Crippen LogP contribution in [0.15, 0.2) is 0 Å². The lowest BCUT2D eigenvalue weighted by Crippen LogP contribution is -2.56. The molecule has 1 fully saturated rings. The van der Waals surface area contributed by atoms with Crippen molar-refractivity contribution >= 4 is 18.5 Å². The monoisotopic (exact) mass is 343 g/mol. The van der Waals surface area contributed by atoms with Crippen molar-refractivity contribution in [2.24, 2.45) is 0 Å². The largest absolute Gasteiger partial charge is 0.509 e. The smallest absolute Gasteiger partial charge is 0.444 e. The molecule has 24 heavy (non-hydrogen) atoms. The Bertz CT molecular complexity index is 490. The van der Waals surface area contributed by atoms with E-state index in [1.54, 1.807) is 48.5 Å². The molecule has 7 nitrogen and oxygen atoms in total. The van der Waals surface area contributed by atoms with Gasteiger partial charge in [0, 0.05) is 0 Å². The van der Waals surface area contributed by atoms with E-state index in [0.29, 0.717) is 12.8 Å². The standard InChI is InChI=1S/C17H29NO6/c1-15(2,3)22-13(20)18-11-17(7,9-8-12(18)10-19)24-14(21)23-16(4,5)6/h10,12H,8-9,11H2,1-7H3/t12-,17-/m1/s1. The Morgan fingerprint density at radius 1 is 1.08 bits per heavy atom. The molecule has 1 amide bonds. The number of ether oxygens (including phenoxy) is 3. The SMILES string of the molecule is CC(C)(C)OC(=O)O[C@]1(C)CC[C@H](C=O)N(C(=O)OC(C)(C)C)C1. The summed E-state index contributed by atoms with van der Waals surface area (Å²) < 4.78 is 15.9. The number of carbonyl (C=O) groups is 3. The molecule has 0 radical (unpaired) electrons. The molecule has 0 aromatic heterocycles. The predicted octanol–water partition coefficient (Wildman–Crippen LogP) is 3.30. The highest BCUT2D eigenvalue weighted by Gasteiger charge is 2.43. The molecule has 0 aliphatic carbocycles. The van der Waals surface area contributed by atoms with Gasteiger partial charge in [-0.05, 0) is 61.3 Å². The molecule has 1 aliphatic heterocycles. The molecule has 0 N–H and O–H groups in total. The summed E-state index contributed by atoms with van der Waals surface area (Å²) in [4.78, 5) is 36.9. The van der Waals surface area contributed by atoms with Gasteiger partial charge in [-0.15, -0.1) is 0 Å². The zero-order valence-corrected chi connectivity index (χ0v) is 15.7. The van der Waals surface area contributed by atoms with Crippen LogP contribution in [0.25, 0.3) is 0 Å². The van der Waals surface area contributed by atoms with Gasteiger partial charge >= 0.3 is 12.2 Å². The van der Waals surface area contributed by atoms with Crippen molar-refractivity contribution in [2.75, 3.05) is 6.54 Å². The fourth-order valence-corrected chi connectivity index (χ4v) is 2.38. The molecule has 1 heterocycles. The molecule has 0 spiro atoms. The van der Waals surface area contributed by atoms with Gasteiger partial charge in [0.1, 0.15) is 23.1 Å². The van der Waals surface area contributed by atoms with Crippen LogP contribution >= 0.6 is 0 Å². The van der Waals surface area contributed by atoms with E-state index in [2.05, 4.69) is 0 Å². The summed E-state index contributed by atoms with van der Waals surface area (Å²) in [6.45, 7) is 12.3. The lowest BCUT2D eigenvalue weighted by Gasteiger charge is -2.42. The van der Waals surface area contributed by atoms with Crippen molar-refractivity contribution in [3.63, 3.8) is 0 Å². The minimum Gasteiger partial charge on any atom is -0.444 e. The molecule has 0 aromatic carbocycles. The molecule has 1 saturated heterocycles. The third-order valence-corrected chi connectivity index (χ3v) is 3.38. The molecule has 0 saturated carbocycles. The topological polar surface area (TPSA) is 82.1 Å². The second-order valence-corrected chi connectivity index (χ2v) is 8.37. The molecular weight excluding hydrogens is 314 g/mol. The first-order chi connectivity index (χ1) is 10.7. The quantitative estimate of drug-likeness (QED) is 0.565. The fourth-order valence-electron chi connectivity index (χ4n) is 2.38. The summed E-state index contributed by atoms with van der Waals surface area (Å²) in [5.74, 6) is 0. The van der Waals surface area contributed by atoms with E-state index in [1.165, 1.54) is 4.90 Å². The van der Waals surface area contributed by atoms with Crippen LogP contribution in [-0.4, -0.2) is 52.8 Å². The van der Waals surface area contributed by atoms with Crippen molar-refractivity contribution in [3.8, 4) is 0 Å². The number of hydrogen-bond acceptors (Lipinski definition) is 6. The molecule has 1 aliphatic rings. The molecule has 0 unspecified atom stereocenters. The maximum Gasteiger partial charge on any atom is 0.509 e. The average Bonchev–Trinajstić information content (AvgIpc) is 2.33. The number of nitrogens with zero attached hydrogens (tertiary/aromatic N) is 1. The zero-order chi connectivity index (χ0) is 18.8. The number of piperidine rings is 1. The van der Waals surface area contributed by atoms with Gasteiger partial charge < -0.3 is 19.0 Å². The zero-order valence-electron chi connectivity index (χ0n) is 15.7. The predicted molar refractivity (Wildman–Crippen MR) is 87.8 cm³/mol. The highest BCUT2D eigenvalue weighted by atomic mass is 16.7. The van der Waals surface area contributed by atoms with Gasteiger partial charge in [0.2, 0.25) is 0 Å². The van der Waals surface area contributed by atoms with E-state index in [9.17, 15) is 14.4 Å². The average molecular weight is 343 g/mol. The first kappa shape index (κ1) is 20.3.